The van der Waals surface area contributed by atoms with Crippen molar-refractivity contribution in [2.24, 2.45) is 5.41 Å². The Morgan fingerprint density at radius 1 is 1.62 bits per heavy atom. The summed E-state index contributed by atoms with van der Waals surface area (Å²) < 4.78 is 0. The van der Waals surface area contributed by atoms with Gasteiger partial charge in [-0.25, -0.2) is 0 Å². The van der Waals surface area contributed by atoms with Crippen LogP contribution in [0.15, 0.2) is 18.3 Å². The highest BCUT2D eigenvalue weighted by Gasteiger charge is 2.44. The zero-order valence-corrected chi connectivity index (χ0v) is 9.57. The predicted molar refractivity (Wildman–Crippen MR) is 60.6 cm³/mol. The maximum absolute atomic E-state index is 12.2. The predicted octanol–water partition coefficient (Wildman–Crippen LogP) is 1.14. The third-order valence-corrected chi connectivity index (χ3v) is 3.48. The van der Waals surface area contributed by atoms with Crippen LogP contribution in [0.2, 0.25) is 0 Å². The van der Waals surface area contributed by atoms with Crippen molar-refractivity contribution in [1.82, 2.24) is 9.88 Å². The number of aromatic amines is 1. The first-order valence-corrected chi connectivity index (χ1v) is 5.67. The van der Waals surface area contributed by atoms with Crippen molar-refractivity contribution in [1.29, 1.82) is 0 Å². The van der Waals surface area contributed by atoms with Gasteiger partial charge in [0.05, 0.1) is 18.6 Å². The molecule has 0 aliphatic heterocycles. The molecule has 1 fully saturated rings. The number of nitrogens with one attached hydrogen (secondary N) is 1. The summed E-state index contributed by atoms with van der Waals surface area (Å²) in [5, 5.41) is 9.33. The van der Waals surface area contributed by atoms with E-state index in [0.29, 0.717) is 6.54 Å². The normalized spacial score (nSPS) is 17.9. The largest absolute Gasteiger partial charge is 0.395 e. The Labute approximate surface area is 95.3 Å². The number of H-pyrrole nitrogens is 1. The van der Waals surface area contributed by atoms with Gasteiger partial charge in [-0.1, -0.05) is 6.42 Å². The highest BCUT2D eigenvalue weighted by atomic mass is 16.3. The third-order valence-electron chi connectivity index (χ3n) is 3.48. The average molecular weight is 222 g/mol. The maximum atomic E-state index is 12.2. The van der Waals surface area contributed by atoms with E-state index in [0.717, 1.165) is 25.0 Å². The van der Waals surface area contributed by atoms with Crippen LogP contribution in [0.1, 0.15) is 25.0 Å². The second-order valence-electron chi connectivity index (χ2n) is 4.65. The van der Waals surface area contributed by atoms with Crippen LogP contribution in [0.4, 0.5) is 0 Å². The summed E-state index contributed by atoms with van der Waals surface area (Å²) in [5.74, 6) is 0.0656. The van der Waals surface area contributed by atoms with Crippen LogP contribution in [-0.2, 0) is 11.3 Å². The number of amides is 1. The molecule has 4 nitrogen and oxygen atoms in total. The van der Waals surface area contributed by atoms with Crippen molar-refractivity contribution in [3.8, 4) is 0 Å². The van der Waals surface area contributed by atoms with Crippen LogP contribution in [0.5, 0.6) is 0 Å². The number of hydrogen-bond acceptors (Lipinski definition) is 2. The van der Waals surface area contributed by atoms with Gasteiger partial charge in [-0.15, -0.1) is 0 Å². The minimum absolute atomic E-state index is 0.0269. The molecule has 2 N–H and O–H groups in total. The Kier molecular flexibility index (Phi) is 3.01. The van der Waals surface area contributed by atoms with Gasteiger partial charge in [-0.05, 0) is 25.0 Å². The summed E-state index contributed by atoms with van der Waals surface area (Å²) in [4.78, 5) is 16.9. The fraction of sp³-hybridized carbons (Fsp3) is 0.583. The summed E-state index contributed by atoms with van der Waals surface area (Å²) in [6, 6.07) is 3.87. The molecular weight excluding hydrogens is 204 g/mol. The Morgan fingerprint density at radius 3 is 2.81 bits per heavy atom. The molecule has 0 spiro atoms. The molecular formula is C12H18N2O2. The van der Waals surface area contributed by atoms with E-state index >= 15 is 0 Å². The summed E-state index contributed by atoms with van der Waals surface area (Å²) >= 11 is 0. The fourth-order valence-corrected chi connectivity index (χ4v) is 2.24. The Morgan fingerprint density at radius 2 is 2.38 bits per heavy atom. The number of aliphatic hydroxyl groups is 1. The lowest BCUT2D eigenvalue weighted by atomic mass is 9.68. The maximum Gasteiger partial charge on any atom is 0.231 e. The molecule has 0 aromatic carbocycles. The Hall–Kier alpha value is -1.29. The zero-order valence-electron chi connectivity index (χ0n) is 9.57. The summed E-state index contributed by atoms with van der Waals surface area (Å²) in [7, 11) is 1.79. The van der Waals surface area contributed by atoms with Crippen LogP contribution >= 0.6 is 0 Å². The molecule has 0 unspecified atom stereocenters. The number of carbonyl (C=O) groups excluding carboxylic acids is 1. The zero-order chi connectivity index (χ0) is 11.6. The van der Waals surface area contributed by atoms with Crippen molar-refractivity contribution < 1.29 is 9.90 Å². The van der Waals surface area contributed by atoms with Crippen LogP contribution < -0.4 is 0 Å². The smallest absolute Gasteiger partial charge is 0.231 e. The molecule has 1 saturated carbocycles. The molecule has 1 aliphatic carbocycles. The molecule has 0 saturated heterocycles. The summed E-state index contributed by atoms with van der Waals surface area (Å²) in [6.07, 6.45) is 4.52. The molecule has 0 bridgehead atoms. The summed E-state index contributed by atoms with van der Waals surface area (Å²) in [5.41, 5.74) is 0.532. The highest BCUT2D eigenvalue weighted by molar-refractivity contribution is 5.83. The van der Waals surface area contributed by atoms with Gasteiger partial charge in [0.25, 0.3) is 0 Å². The molecule has 16 heavy (non-hydrogen) atoms. The van der Waals surface area contributed by atoms with E-state index in [9.17, 15) is 9.90 Å². The molecule has 4 heteroatoms. The molecule has 1 amide bonds. The van der Waals surface area contributed by atoms with Gasteiger partial charge in [0.2, 0.25) is 5.91 Å². The van der Waals surface area contributed by atoms with Crippen molar-refractivity contribution in [3.05, 3.63) is 24.0 Å². The lowest BCUT2D eigenvalue weighted by Crippen LogP contribution is -2.48. The number of hydrogen-bond donors (Lipinski definition) is 2. The summed E-state index contributed by atoms with van der Waals surface area (Å²) in [6.45, 7) is 0.550. The van der Waals surface area contributed by atoms with E-state index in [4.69, 9.17) is 0 Å². The standard InChI is InChI=1S/C12H18N2O2/c1-14(8-10-4-2-7-13-10)11(16)12(9-15)5-3-6-12/h2,4,7,13,15H,3,5-6,8-9H2,1H3. The molecule has 1 aromatic rings. The number of carbonyl (C=O) groups is 1. The molecule has 1 heterocycles. The van der Waals surface area contributed by atoms with E-state index in [1.165, 1.54) is 0 Å². The van der Waals surface area contributed by atoms with Gasteiger partial charge in [-0.3, -0.25) is 4.79 Å². The van der Waals surface area contributed by atoms with Crippen LogP contribution in [0.3, 0.4) is 0 Å². The highest BCUT2D eigenvalue weighted by Crippen LogP contribution is 2.41. The van der Waals surface area contributed by atoms with Gasteiger partial charge < -0.3 is 15.0 Å². The van der Waals surface area contributed by atoms with E-state index in [2.05, 4.69) is 4.98 Å². The van der Waals surface area contributed by atoms with Gasteiger partial charge >= 0.3 is 0 Å². The molecule has 88 valence electrons. The topological polar surface area (TPSA) is 56.3 Å². The first-order chi connectivity index (χ1) is 7.68. The van der Waals surface area contributed by atoms with Gasteiger partial charge in [0.1, 0.15) is 0 Å². The quantitative estimate of drug-likeness (QED) is 0.802. The van der Waals surface area contributed by atoms with Gasteiger partial charge in [0.15, 0.2) is 0 Å². The van der Waals surface area contributed by atoms with Crippen LogP contribution in [0.25, 0.3) is 0 Å². The van der Waals surface area contributed by atoms with Crippen molar-refractivity contribution in [3.63, 3.8) is 0 Å². The Balaban J connectivity index is 1.99. The molecule has 2 rings (SSSR count). The minimum Gasteiger partial charge on any atom is -0.395 e. The number of nitrogens with zero attached hydrogens (tertiary/aromatic N) is 1. The molecule has 0 atom stereocenters. The minimum atomic E-state index is -0.485. The molecule has 1 aliphatic rings. The van der Waals surface area contributed by atoms with Crippen molar-refractivity contribution in [2.75, 3.05) is 13.7 Å². The van der Waals surface area contributed by atoms with E-state index in [1.807, 2.05) is 18.3 Å². The first kappa shape index (κ1) is 11.2. The van der Waals surface area contributed by atoms with Gasteiger partial charge in [-0.2, -0.15) is 0 Å². The van der Waals surface area contributed by atoms with E-state index in [-0.39, 0.29) is 12.5 Å². The SMILES string of the molecule is CN(Cc1ccc[nH]1)C(=O)C1(CO)CCC1. The molecule has 1 aromatic heterocycles. The monoisotopic (exact) mass is 222 g/mol. The number of aromatic nitrogens is 1. The average Bonchev–Trinajstić information content (AvgIpc) is 2.69. The van der Waals surface area contributed by atoms with Gasteiger partial charge in [0, 0.05) is 18.9 Å². The molecule has 0 radical (unpaired) electrons. The van der Waals surface area contributed by atoms with Crippen LogP contribution in [0, 0.1) is 5.41 Å². The second kappa shape index (κ2) is 4.29. The second-order valence-corrected chi connectivity index (χ2v) is 4.65. The van der Waals surface area contributed by atoms with Crippen molar-refractivity contribution in [2.45, 2.75) is 25.8 Å². The Bertz CT molecular complexity index is 350. The number of rotatable bonds is 4. The van der Waals surface area contributed by atoms with E-state index < -0.39 is 5.41 Å². The number of aliphatic hydroxyl groups excluding tert-OH is 1. The third kappa shape index (κ3) is 1.85. The first-order valence-electron chi connectivity index (χ1n) is 5.67. The fourth-order valence-electron chi connectivity index (χ4n) is 2.24. The van der Waals surface area contributed by atoms with Crippen molar-refractivity contribution >= 4 is 5.91 Å². The van der Waals surface area contributed by atoms with Crippen LogP contribution in [-0.4, -0.2) is 34.6 Å². The lowest BCUT2D eigenvalue weighted by Gasteiger charge is -2.41. The lowest BCUT2D eigenvalue weighted by molar-refractivity contribution is -0.150. The van der Waals surface area contributed by atoms with E-state index in [1.54, 1.807) is 11.9 Å².